The van der Waals surface area contributed by atoms with Crippen LogP contribution in [0.3, 0.4) is 0 Å². The molecule has 0 fully saturated rings. The van der Waals surface area contributed by atoms with Crippen LogP contribution in [0.2, 0.25) is 0 Å². The van der Waals surface area contributed by atoms with Gasteiger partial charge in [-0.1, -0.05) is 24.3 Å². The van der Waals surface area contributed by atoms with E-state index >= 15 is 0 Å². The minimum atomic E-state index is -0.179. The van der Waals surface area contributed by atoms with Crippen LogP contribution in [0, 0.1) is 12.3 Å². The molecule has 13 heavy (non-hydrogen) atoms. The highest BCUT2D eigenvalue weighted by Crippen LogP contribution is 2.20. The minimum Gasteiger partial charge on any atom is -0.297 e. The summed E-state index contributed by atoms with van der Waals surface area (Å²) in [5.41, 5.74) is 2.74. The molecule has 0 heterocycles. The first kappa shape index (κ1) is 7.92. The monoisotopic (exact) mass is 171 g/mol. The lowest BCUT2D eigenvalue weighted by Gasteiger charge is -2.11. The maximum atomic E-state index is 11.5. The van der Waals surface area contributed by atoms with E-state index in [0.29, 0.717) is 5.56 Å². The highest BCUT2D eigenvalue weighted by molar-refractivity contribution is 6.51. The van der Waals surface area contributed by atoms with Gasteiger partial charge in [0.05, 0.1) is 0 Å². The Morgan fingerprint density at radius 2 is 2.00 bits per heavy atom. The second-order valence-electron chi connectivity index (χ2n) is 3.11. The van der Waals surface area contributed by atoms with E-state index < -0.39 is 0 Å². The first-order chi connectivity index (χ1) is 6.20. The van der Waals surface area contributed by atoms with Gasteiger partial charge in [0, 0.05) is 5.56 Å². The number of ketones is 1. The minimum absolute atomic E-state index is 0.0677. The first-order valence-electron chi connectivity index (χ1n) is 4.11. The maximum absolute atomic E-state index is 11.5. The normalized spacial score (nSPS) is 14.5. The highest BCUT2D eigenvalue weighted by Gasteiger charge is 2.18. The maximum Gasteiger partial charge on any atom is 0.211 e. The lowest BCUT2D eigenvalue weighted by atomic mass is 9.92. The van der Waals surface area contributed by atoms with Crippen molar-refractivity contribution in [3.63, 3.8) is 0 Å². The molecule has 0 bridgehead atoms. The van der Waals surface area contributed by atoms with Gasteiger partial charge in [-0.3, -0.25) is 10.2 Å². The molecule has 0 saturated carbocycles. The van der Waals surface area contributed by atoms with Gasteiger partial charge in [0.2, 0.25) is 5.78 Å². The standard InChI is InChI=1S/C11H9NO/c1-7-3-2-4-9-8(7)5-6-10(12)11(9)13/h2-6,12H,1H3. The molecular weight excluding hydrogens is 162 g/mol. The molecule has 0 radical (unpaired) electrons. The smallest absolute Gasteiger partial charge is 0.211 e. The van der Waals surface area contributed by atoms with Crippen LogP contribution < -0.4 is 0 Å². The Bertz CT molecular complexity index is 430. The van der Waals surface area contributed by atoms with Crippen LogP contribution in [0.4, 0.5) is 0 Å². The molecule has 0 amide bonds. The van der Waals surface area contributed by atoms with Gasteiger partial charge >= 0.3 is 0 Å². The zero-order valence-corrected chi connectivity index (χ0v) is 7.29. The van der Waals surface area contributed by atoms with Crippen molar-refractivity contribution >= 4 is 17.6 Å². The number of benzene rings is 1. The van der Waals surface area contributed by atoms with E-state index in [-0.39, 0.29) is 11.5 Å². The Morgan fingerprint density at radius 1 is 1.23 bits per heavy atom. The number of fused-ring (bicyclic) bond motifs is 1. The summed E-state index contributed by atoms with van der Waals surface area (Å²) < 4.78 is 0. The summed E-state index contributed by atoms with van der Waals surface area (Å²) in [4.78, 5) is 11.5. The molecule has 2 nitrogen and oxygen atoms in total. The summed E-state index contributed by atoms with van der Waals surface area (Å²) in [6.45, 7) is 1.96. The van der Waals surface area contributed by atoms with Gasteiger partial charge in [-0.05, 0) is 24.1 Å². The van der Waals surface area contributed by atoms with Crippen LogP contribution in [0.15, 0.2) is 24.3 Å². The molecule has 64 valence electrons. The third-order valence-electron chi connectivity index (χ3n) is 2.23. The summed E-state index contributed by atoms with van der Waals surface area (Å²) in [5, 5.41) is 7.36. The van der Waals surface area contributed by atoms with Gasteiger partial charge in [-0.25, -0.2) is 0 Å². The van der Waals surface area contributed by atoms with Crippen molar-refractivity contribution < 1.29 is 4.79 Å². The highest BCUT2D eigenvalue weighted by atomic mass is 16.1. The second kappa shape index (κ2) is 2.66. The predicted octanol–water partition coefficient (Wildman–Crippen LogP) is 2.22. The lowest BCUT2D eigenvalue weighted by molar-refractivity contribution is 0.106. The predicted molar refractivity (Wildman–Crippen MR) is 52.3 cm³/mol. The quantitative estimate of drug-likeness (QED) is 0.638. The average Bonchev–Trinajstić information content (AvgIpc) is 2.12. The second-order valence-corrected chi connectivity index (χ2v) is 3.11. The molecule has 0 saturated heterocycles. The number of hydrogen-bond acceptors (Lipinski definition) is 2. The van der Waals surface area contributed by atoms with Crippen molar-refractivity contribution in [2.24, 2.45) is 0 Å². The summed E-state index contributed by atoms with van der Waals surface area (Å²) >= 11 is 0. The molecule has 1 N–H and O–H groups in total. The van der Waals surface area contributed by atoms with Crippen LogP contribution in [0.1, 0.15) is 21.5 Å². The van der Waals surface area contributed by atoms with Gasteiger partial charge in [-0.15, -0.1) is 0 Å². The Labute approximate surface area is 76.4 Å². The fraction of sp³-hybridized carbons (Fsp3) is 0.0909. The molecule has 0 spiro atoms. The number of carbonyl (C=O) groups is 1. The number of allylic oxidation sites excluding steroid dienone is 1. The van der Waals surface area contributed by atoms with E-state index in [9.17, 15) is 4.79 Å². The molecule has 1 aliphatic carbocycles. The zero-order valence-electron chi connectivity index (χ0n) is 7.29. The van der Waals surface area contributed by atoms with Crippen molar-refractivity contribution in [1.29, 1.82) is 5.41 Å². The molecule has 0 atom stereocenters. The number of aryl methyl sites for hydroxylation is 1. The van der Waals surface area contributed by atoms with Gasteiger partial charge < -0.3 is 0 Å². The number of nitrogens with one attached hydrogen (secondary N) is 1. The third kappa shape index (κ3) is 1.11. The van der Waals surface area contributed by atoms with Gasteiger partial charge in [-0.2, -0.15) is 0 Å². The lowest BCUT2D eigenvalue weighted by Crippen LogP contribution is -2.15. The van der Waals surface area contributed by atoms with Crippen LogP contribution >= 0.6 is 0 Å². The third-order valence-corrected chi connectivity index (χ3v) is 2.23. The Kier molecular flexibility index (Phi) is 1.62. The SMILES string of the molecule is Cc1cccc2c1C=CC(=N)C2=O. The van der Waals surface area contributed by atoms with E-state index in [1.54, 1.807) is 12.1 Å². The van der Waals surface area contributed by atoms with Crippen molar-refractivity contribution in [3.8, 4) is 0 Å². The van der Waals surface area contributed by atoms with Crippen molar-refractivity contribution in [1.82, 2.24) is 0 Å². The van der Waals surface area contributed by atoms with E-state index in [4.69, 9.17) is 5.41 Å². The fourth-order valence-corrected chi connectivity index (χ4v) is 1.49. The molecule has 0 aliphatic heterocycles. The van der Waals surface area contributed by atoms with Crippen LogP contribution in [0.25, 0.3) is 6.08 Å². The van der Waals surface area contributed by atoms with Gasteiger partial charge in [0.25, 0.3) is 0 Å². The molecule has 2 rings (SSSR count). The molecular formula is C11H9NO. The van der Waals surface area contributed by atoms with E-state index in [1.807, 2.05) is 25.1 Å². The average molecular weight is 171 g/mol. The Balaban J connectivity index is 2.72. The van der Waals surface area contributed by atoms with E-state index in [2.05, 4.69) is 0 Å². The number of carbonyl (C=O) groups excluding carboxylic acids is 1. The molecule has 0 aromatic heterocycles. The summed E-state index contributed by atoms with van der Waals surface area (Å²) in [6, 6.07) is 5.58. The Morgan fingerprint density at radius 3 is 2.77 bits per heavy atom. The largest absolute Gasteiger partial charge is 0.297 e. The topological polar surface area (TPSA) is 40.9 Å². The van der Waals surface area contributed by atoms with Crippen LogP contribution in [0.5, 0.6) is 0 Å². The van der Waals surface area contributed by atoms with E-state index in [1.165, 1.54) is 0 Å². The molecule has 1 aliphatic rings. The number of Topliss-reactive ketones (excluding diaryl/α,β-unsaturated/α-hetero) is 1. The molecule has 1 aromatic carbocycles. The number of hydrogen-bond donors (Lipinski definition) is 1. The van der Waals surface area contributed by atoms with Gasteiger partial charge in [0.15, 0.2) is 0 Å². The molecule has 2 heteroatoms. The zero-order chi connectivity index (χ0) is 9.42. The fourth-order valence-electron chi connectivity index (χ4n) is 1.49. The molecule has 1 aromatic rings. The van der Waals surface area contributed by atoms with Crippen LogP contribution in [-0.2, 0) is 0 Å². The van der Waals surface area contributed by atoms with Crippen molar-refractivity contribution in [2.75, 3.05) is 0 Å². The summed E-state index contributed by atoms with van der Waals surface area (Å²) in [5.74, 6) is -0.179. The molecule has 0 unspecified atom stereocenters. The van der Waals surface area contributed by atoms with E-state index in [0.717, 1.165) is 11.1 Å². The van der Waals surface area contributed by atoms with Gasteiger partial charge in [0.1, 0.15) is 5.71 Å². The summed E-state index contributed by atoms with van der Waals surface area (Å²) in [6.07, 6.45) is 3.38. The van der Waals surface area contributed by atoms with Crippen molar-refractivity contribution in [3.05, 3.63) is 41.0 Å². The number of rotatable bonds is 0. The Hall–Kier alpha value is -1.70. The summed E-state index contributed by atoms with van der Waals surface area (Å²) in [7, 11) is 0. The van der Waals surface area contributed by atoms with Crippen LogP contribution in [-0.4, -0.2) is 11.5 Å². The van der Waals surface area contributed by atoms with Crippen molar-refractivity contribution in [2.45, 2.75) is 6.92 Å². The first-order valence-corrected chi connectivity index (χ1v) is 4.11.